The van der Waals surface area contributed by atoms with Gasteiger partial charge in [0.15, 0.2) is 0 Å². The van der Waals surface area contributed by atoms with Crippen LogP contribution in [0.4, 0.5) is 17.2 Å². The predicted octanol–water partition coefficient (Wildman–Crippen LogP) is 4.34. The van der Waals surface area contributed by atoms with Gasteiger partial charge in [-0.1, -0.05) is 5.92 Å². The van der Waals surface area contributed by atoms with E-state index in [9.17, 15) is 4.79 Å². The van der Waals surface area contributed by atoms with Gasteiger partial charge in [-0.05, 0) is 68.5 Å². The van der Waals surface area contributed by atoms with Crippen LogP contribution in [-0.2, 0) is 4.79 Å². The van der Waals surface area contributed by atoms with E-state index in [-0.39, 0.29) is 5.91 Å². The van der Waals surface area contributed by atoms with Crippen molar-refractivity contribution >= 4 is 39.6 Å². The molecular formula is C28H25N7O2. The van der Waals surface area contributed by atoms with Gasteiger partial charge in [0.2, 0.25) is 0 Å². The van der Waals surface area contributed by atoms with Gasteiger partial charge in [-0.2, -0.15) is 0 Å². The number of carbonyl (C=O) groups is 1. The summed E-state index contributed by atoms with van der Waals surface area (Å²) in [5.74, 6) is 7.31. The zero-order valence-corrected chi connectivity index (χ0v) is 20.7. The van der Waals surface area contributed by atoms with E-state index in [0.717, 1.165) is 22.2 Å². The van der Waals surface area contributed by atoms with Crippen LogP contribution >= 0.6 is 0 Å². The van der Waals surface area contributed by atoms with E-state index in [0.29, 0.717) is 29.5 Å². The van der Waals surface area contributed by atoms with Crippen molar-refractivity contribution in [2.45, 2.75) is 0 Å². The summed E-state index contributed by atoms with van der Waals surface area (Å²) in [5, 5.41) is 4.13. The maximum absolute atomic E-state index is 12.5. The smallest absolute Gasteiger partial charge is 0.302 e. The van der Waals surface area contributed by atoms with Crippen LogP contribution in [0, 0.1) is 11.8 Å². The van der Waals surface area contributed by atoms with Crippen LogP contribution in [0.1, 0.15) is 0 Å². The Hall–Kier alpha value is -4.94. The van der Waals surface area contributed by atoms with E-state index in [2.05, 4.69) is 32.1 Å². The monoisotopic (exact) mass is 491 g/mol. The number of benzene rings is 2. The quantitative estimate of drug-likeness (QED) is 0.354. The summed E-state index contributed by atoms with van der Waals surface area (Å²) >= 11 is 0. The Morgan fingerprint density at radius 3 is 2.62 bits per heavy atom. The molecule has 0 spiro atoms. The highest BCUT2D eigenvalue weighted by Gasteiger charge is 2.12. The van der Waals surface area contributed by atoms with Crippen molar-refractivity contribution in [3.05, 3.63) is 79.5 Å². The predicted molar refractivity (Wildman–Crippen MR) is 144 cm³/mol. The Kier molecular flexibility index (Phi) is 6.66. The van der Waals surface area contributed by atoms with Gasteiger partial charge in [0.1, 0.15) is 29.3 Å². The molecule has 184 valence electrons. The lowest BCUT2D eigenvalue weighted by Gasteiger charge is -2.16. The van der Waals surface area contributed by atoms with Crippen molar-refractivity contribution in [1.29, 1.82) is 0 Å². The zero-order valence-electron chi connectivity index (χ0n) is 20.7. The minimum absolute atomic E-state index is 0.282. The molecule has 1 N–H and O–H groups in total. The fourth-order valence-corrected chi connectivity index (χ4v) is 3.66. The summed E-state index contributed by atoms with van der Waals surface area (Å²) in [7, 11) is 5.51. The number of ether oxygens (including phenoxy) is 1. The summed E-state index contributed by atoms with van der Waals surface area (Å²) in [5.41, 5.74) is 3.11. The molecule has 0 aliphatic carbocycles. The molecule has 5 rings (SSSR count). The second kappa shape index (κ2) is 10.4. The molecule has 3 heterocycles. The number of imidazole rings is 1. The first-order valence-electron chi connectivity index (χ1n) is 11.6. The third-order valence-corrected chi connectivity index (χ3v) is 5.62. The molecule has 0 atom stereocenters. The molecule has 2 aromatic carbocycles. The molecule has 0 bridgehead atoms. The molecular weight excluding hydrogens is 466 g/mol. The van der Waals surface area contributed by atoms with Crippen molar-refractivity contribution in [1.82, 2.24) is 24.3 Å². The van der Waals surface area contributed by atoms with Crippen LogP contribution in [0.2, 0.25) is 0 Å². The highest BCUT2D eigenvalue weighted by molar-refractivity contribution is 6.06. The Morgan fingerprint density at radius 1 is 0.973 bits per heavy atom. The van der Waals surface area contributed by atoms with Crippen LogP contribution in [-0.4, -0.2) is 57.8 Å². The average molecular weight is 492 g/mol. The molecule has 0 aliphatic heterocycles. The number of nitrogens with zero attached hydrogens (tertiary/aromatic N) is 6. The number of nitrogens with one attached hydrogen (secondary N) is 1. The van der Waals surface area contributed by atoms with Crippen LogP contribution < -0.4 is 15.0 Å². The molecule has 9 heteroatoms. The SMILES string of the molecule is CN(C)CC#CC(=O)N(C)c1ccc2ncnc(Nc3ccc(Oc4ccn5ccnc5c4)cc3)c2c1. The maximum atomic E-state index is 12.5. The van der Waals surface area contributed by atoms with Crippen molar-refractivity contribution in [3.8, 4) is 23.3 Å². The maximum Gasteiger partial charge on any atom is 0.302 e. The summed E-state index contributed by atoms with van der Waals surface area (Å²) in [6.45, 7) is 0.517. The molecule has 37 heavy (non-hydrogen) atoms. The van der Waals surface area contributed by atoms with Gasteiger partial charge >= 0.3 is 5.91 Å². The number of aromatic nitrogens is 4. The van der Waals surface area contributed by atoms with Gasteiger partial charge in [-0.3, -0.25) is 9.69 Å². The molecule has 0 radical (unpaired) electrons. The number of pyridine rings is 1. The largest absolute Gasteiger partial charge is 0.457 e. The summed E-state index contributed by atoms with van der Waals surface area (Å²) in [4.78, 5) is 29.0. The van der Waals surface area contributed by atoms with Crippen molar-refractivity contribution in [2.75, 3.05) is 37.9 Å². The molecule has 5 aromatic rings. The third kappa shape index (κ3) is 5.50. The minimum atomic E-state index is -0.282. The number of hydrogen-bond donors (Lipinski definition) is 1. The fraction of sp³-hybridized carbons (Fsp3) is 0.143. The molecule has 0 saturated carbocycles. The number of fused-ring (bicyclic) bond motifs is 2. The normalized spacial score (nSPS) is 10.8. The van der Waals surface area contributed by atoms with E-state index < -0.39 is 0 Å². The Morgan fingerprint density at radius 2 is 1.81 bits per heavy atom. The van der Waals surface area contributed by atoms with Gasteiger partial charge in [-0.15, -0.1) is 0 Å². The van der Waals surface area contributed by atoms with Crippen molar-refractivity contribution < 1.29 is 9.53 Å². The lowest BCUT2D eigenvalue weighted by Crippen LogP contribution is -2.24. The zero-order chi connectivity index (χ0) is 25.8. The first-order valence-corrected chi connectivity index (χ1v) is 11.6. The van der Waals surface area contributed by atoms with E-state index >= 15 is 0 Å². The highest BCUT2D eigenvalue weighted by atomic mass is 16.5. The summed E-state index contributed by atoms with van der Waals surface area (Å²) in [6.07, 6.45) is 7.05. The summed E-state index contributed by atoms with van der Waals surface area (Å²) in [6, 6.07) is 16.9. The van der Waals surface area contributed by atoms with Crippen LogP contribution in [0.5, 0.6) is 11.5 Å². The van der Waals surface area contributed by atoms with E-state index in [1.807, 2.05) is 90.4 Å². The molecule has 1 amide bonds. The summed E-state index contributed by atoms with van der Waals surface area (Å²) < 4.78 is 7.90. The van der Waals surface area contributed by atoms with Crippen LogP contribution in [0.3, 0.4) is 0 Å². The number of hydrogen-bond acceptors (Lipinski definition) is 7. The topological polar surface area (TPSA) is 87.9 Å². The standard InChI is InChI=1S/C28H25N7O2/c1-33(2)14-4-5-27(36)34(3)21-8-11-25-24(17-21)28(31-19-30-25)32-20-6-9-22(10-7-20)37-23-12-15-35-16-13-29-26(35)18-23/h6-13,15-19H,14H2,1-3H3,(H,30,31,32). The van der Waals surface area contributed by atoms with Crippen molar-refractivity contribution in [3.63, 3.8) is 0 Å². The second-order valence-electron chi connectivity index (χ2n) is 8.63. The van der Waals surface area contributed by atoms with E-state index in [4.69, 9.17) is 4.74 Å². The molecule has 0 unspecified atom stereocenters. The van der Waals surface area contributed by atoms with Crippen LogP contribution in [0.25, 0.3) is 16.6 Å². The Labute approximate surface area is 214 Å². The van der Waals surface area contributed by atoms with Crippen molar-refractivity contribution in [2.24, 2.45) is 0 Å². The highest BCUT2D eigenvalue weighted by Crippen LogP contribution is 2.29. The van der Waals surface area contributed by atoms with Crippen LogP contribution in [0.15, 0.2) is 79.5 Å². The molecule has 3 aromatic heterocycles. The number of carbonyl (C=O) groups excluding carboxylic acids is 1. The molecule has 0 fully saturated rings. The molecule has 9 nitrogen and oxygen atoms in total. The minimum Gasteiger partial charge on any atom is -0.457 e. The average Bonchev–Trinajstić information content (AvgIpc) is 3.37. The fourth-order valence-electron chi connectivity index (χ4n) is 3.66. The molecule has 0 saturated heterocycles. The van der Waals surface area contributed by atoms with Gasteiger partial charge in [0, 0.05) is 48.5 Å². The number of rotatable bonds is 6. The second-order valence-corrected chi connectivity index (χ2v) is 8.63. The number of anilines is 3. The van der Waals surface area contributed by atoms with Gasteiger partial charge in [0.25, 0.3) is 0 Å². The lowest BCUT2D eigenvalue weighted by atomic mass is 10.2. The van der Waals surface area contributed by atoms with Gasteiger partial charge in [0.05, 0.1) is 12.1 Å². The first-order chi connectivity index (χ1) is 18.0. The first kappa shape index (κ1) is 23.8. The lowest BCUT2D eigenvalue weighted by molar-refractivity contribution is -0.113. The third-order valence-electron chi connectivity index (χ3n) is 5.62. The van der Waals surface area contributed by atoms with E-state index in [1.54, 1.807) is 13.2 Å². The van der Waals surface area contributed by atoms with Gasteiger partial charge < -0.3 is 19.4 Å². The Bertz CT molecular complexity index is 1630. The van der Waals surface area contributed by atoms with Gasteiger partial charge in [-0.25, -0.2) is 15.0 Å². The molecule has 0 aliphatic rings. The number of amides is 1. The van der Waals surface area contributed by atoms with E-state index in [1.165, 1.54) is 11.2 Å². The Balaban J connectivity index is 1.33.